The molecule has 48 heavy (non-hydrogen) atoms. The van der Waals surface area contributed by atoms with E-state index in [2.05, 4.69) is 182 Å². The summed E-state index contributed by atoms with van der Waals surface area (Å²) in [6.07, 6.45) is 12.0. The first-order valence-corrected chi connectivity index (χ1v) is 17.4. The maximum atomic E-state index is 2.50. The Bertz CT molecular complexity index is 2310. The molecule has 1 aromatic heterocycles. The highest BCUT2D eigenvalue weighted by Gasteiger charge is 2.45. The van der Waals surface area contributed by atoms with Crippen LogP contribution in [0.1, 0.15) is 33.6 Å². The van der Waals surface area contributed by atoms with Crippen LogP contribution in [-0.4, -0.2) is 4.57 Å². The third-order valence-corrected chi connectivity index (χ3v) is 11.0. The molecule has 6 aromatic rings. The van der Waals surface area contributed by atoms with Crippen LogP contribution in [0.3, 0.4) is 0 Å². The van der Waals surface area contributed by atoms with Gasteiger partial charge in [0.1, 0.15) is 0 Å². The number of rotatable bonds is 5. The van der Waals surface area contributed by atoms with Crippen LogP contribution in [0.15, 0.2) is 174 Å². The van der Waals surface area contributed by atoms with Crippen LogP contribution in [0.25, 0.3) is 38.6 Å². The number of hydrogen-bond donors (Lipinski definition) is 0. The van der Waals surface area contributed by atoms with E-state index in [0.717, 1.165) is 12.8 Å². The standard InChI is InChI=1S/C46H40N2/c1-31-13-12-19-41-45(31)39-27-26-37(30-42(39)46(41,2)3)47(34-14-6-4-7-15-34)36-24-21-32(22-25-36)33-23-28-44-40(29-33)38-18-10-11-20-43(38)48(44)35-16-8-5-9-17-35/h4-12,14-26,28-31,39H,13,27H2,1-3H3. The summed E-state index contributed by atoms with van der Waals surface area (Å²) in [5.74, 6) is 1.13. The topological polar surface area (TPSA) is 8.17 Å². The van der Waals surface area contributed by atoms with Gasteiger partial charge in [0.2, 0.25) is 0 Å². The molecule has 0 bridgehead atoms. The lowest BCUT2D eigenvalue weighted by molar-refractivity contribution is 0.521. The van der Waals surface area contributed by atoms with Gasteiger partial charge < -0.3 is 9.47 Å². The summed E-state index contributed by atoms with van der Waals surface area (Å²) < 4.78 is 2.38. The predicted molar refractivity (Wildman–Crippen MR) is 203 cm³/mol. The highest BCUT2D eigenvalue weighted by atomic mass is 15.1. The van der Waals surface area contributed by atoms with Crippen LogP contribution < -0.4 is 4.90 Å². The van der Waals surface area contributed by atoms with Crippen molar-refractivity contribution in [3.63, 3.8) is 0 Å². The summed E-state index contributed by atoms with van der Waals surface area (Å²) in [6.45, 7) is 7.26. The quantitative estimate of drug-likeness (QED) is 0.186. The zero-order valence-corrected chi connectivity index (χ0v) is 27.9. The zero-order valence-electron chi connectivity index (χ0n) is 27.9. The molecule has 2 nitrogen and oxygen atoms in total. The van der Waals surface area contributed by atoms with Gasteiger partial charge in [0.15, 0.2) is 0 Å². The lowest BCUT2D eigenvalue weighted by Gasteiger charge is -2.33. The van der Waals surface area contributed by atoms with E-state index in [9.17, 15) is 0 Å². The zero-order chi connectivity index (χ0) is 32.4. The molecule has 0 saturated heterocycles. The largest absolute Gasteiger partial charge is 0.311 e. The van der Waals surface area contributed by atoms with E-state index in [1.807, 2.05) is 0 Å². The fourth-order valence-electron chi connectivity index (χ4n) is 8.72. The van der Waals surface area contributed by atoms with Gasteiger partial charge in [-0.05, 0) is 96.1 Å². The molecule has 234 valence electrons. The minimum Gasteiger partial charge on any atom is -0.311 e. The predicted octanol–water partition coefficient (Wildman–Crippen LogP) is 12.4. The molecule has 5 aromatic carbocycles. The van der Waals surface area contributed by atoms with Crippen LogP contribution in [0, 0.1) is 17.3 Å². The highest BCUT2D eigenvalue weighted by Crippen LogP contribution is 2.57. The van der Waals surface area contributed by atoms with Crippen molar-refractivity contribution in [2.24, 2.45) is 17.3 Å². The molecule has 0 spiro atoms. The Morgan fingerprint density at radius 1 is 0.667 bits per heavy atom. The van der Waals surface area contributed by atoms with Gasteiger partial charge >= 0.3 is 0 Å². The van der Waals surface area contributed by atoms with Crippen LogP contribution >= 0.6 is 0 Å². The molecule has 2 heteroatoms. The number of nitrogens with zero attached hydrogens (tertiary/aromatic N) is 2. The summed E-state index contributed by atoms with van der Waals surface area (Å²) in [7, 11) is 0. The maximum absolute atomic E-state index is 2.50. The summed E-state index contributed by atoms with van der Waals surface area (Å²) in [4.78, 5) is 2.44. The molecule has 0 N–H and O–H groups in total. The highest BCUT2D eigenvalue weighted by molar-refractivity contribution is 6.10. The van der Waals surface area contributed by atoms with Crippen LogP contribution in [0.5, 0.6) is 0 Å². The van der Waals surface area contributed by atoms with Crippen molar-refractivity contribution in [1.82, 2.24) is 4.57 Å². The Kier molecular flexibility index (Phi) is 6.69. The monoisotopic (exact) mass is 620 g/mol. The number of fused-ring (bicyclic) bond motifs is 5. The third-order valence-electron chi connectivity index (χ3n) is 11.0. The summed E-state index contributed by atoms with van der Waals surface area (Å²) in [5.41, 5.74) is 14.5. The first kappa shape index (κ1) is 28.8. The van der Waals surface area contributed by atoms with Gasteiger partial charge in [-0.3, -0.25) is 0 Å². The number of hydrogen-bond acceptors (Lipinski definition) is 1. The second-order valence-corrected chi connectivity index (χ2v) is 14.2. The molecule has 0 amide bonds. The fourth-order valence-corrected chi connectivity index (χ4v) is 8.72. The van der Waals surface area contributed by atoms with Gasteiger partial charge in [0, 0.05) is 44.9 Å². The van der Waals surface area contributed by atoms with E-state index in [4.69, 9.17) is 0 Å². The molecule has 2 atom stereocenters. The van der Waals surface area contributed by atoms with E-state index in [0.29, 0.717) is 11.8 Å². The van der Waals surface area contributed by atoms with E-state index in [1.165, 1.54) is 55.7 Å². The Morgan fingerprint density at radius 2 is 1.33 bits per heavy atom. The van der Waals surface area contributed by atoms with Crippen molar-refractivity contribution >= 4 is 33.2 Å². The third kappa shape index (κ3) is 4.47. The smallest absolute Gasteiger partial charge is 0.0541 e. The Labute approximate surface area is 283 Å². The lowest BCUT2D eigenvalue weighted by Crippen LogP contribution is -2.22. The fraction of sp³-hybridized carbons (Fsp3) is 0.174. The normalized spacial score (nSPS) is 19.6. The van der Waals surface area contributed by atoms with Gasteiger partial charge in [-0.2, -0.15) is 0 Å². The number of para-hydroxylation sites is 3. The van der Waals surface area contributed by atoms with Crippen molar-refractivity contribution in [1.29, 1.82) is 0 Å². The van der Waals surface area contributed by atoms with Gasteiger partial charge in [-0.15, -0.1) is 0 Å². The molecule has 3 aliphatic rings. The molecule has 0 aliphatic heterocycles. The molecule has 9 rings (SSSR count). The molecule has 0 saturated carbocycles. The lowest BCUT2D eigenvalue weighted by atomic mass is 9.76. The van der Waals surface area contributed by atoms with E-state index in [1.54, 1.807) is 16.7 Å². The van der Waals surface area contributed by atoms with E-state index >= 15 is 0 Å². The summed E-state index contributed by atoms with van der Waals surface area (Å²) in [6, 6.07) is 46.3. The summed E-state index contributed by atoms with van der Waals surface area (Å²) >= 11 is 0. The van der Waals surface area contributed by atoms with Gasteiger partial charge in [0.05, 0.1) is 11.0 Å². The average molecular weight is 621 g/mol. The van der Waals surface area contributed by atoms with Gasteiger partial charge in [-0.25, -0.2) is 0 Å². The minimum atomic E-state index is 0.0409. The first-order chi connectivity index (χ1) is 23.5. The number of benzene rings is 5. The minimum absolute atomic E-state index is 0.0409. The molecule has 0 fully saturated rings. The SMILES string of the molecule is CC1CC=CC2=C1C1CC=C(N(c3ccccc3)c3ccc(-c4ccc5c(c4)c4ccccc4n5-c4ccccc4)cc3)C=C1C2(C)C. The molecule has 2 unspecified atom stereocenters. The van der Waals surface area contributed by atoms with E-state index in [-0.39, 0.29) is 5.41 Å². The van der Waals surface area contributed by atoms with Crippen molar-refractivity contribution in [3.05, 3.63) is 174 Å². The van der Waals surface area contributed by atoms with Crippen molar-refractivity contribution < 1.29 is 0 Å². The number of anilines is 2. The Morgan fingerprint density at radius 3 is 2.12 bits per heavy atom. The van der Waals surface area contributed by atoms with Crippen molar-refractivity contribution in [3.8, 4) is 16.8 Å². The van der Waals surface area contributed by atoms with Crippen molar-refractivity contribution in [2.45, 2.75) is 33.6 Å². The van der Waals surface area contributed by atoms with Crippen LogP contribution in [0.4, 0.5) is 11.4 Å². The first-order valence-electron chi connectivity index (χ1n) is 17.4. The summed E-state index contributed by atoms with van der Waals surface area (Å²) in [5, 5.41) is 2.55. The maximum Gasteiger partial charge on any atom is 0.0541 e. The Hall–Kier alpha value is -5.34. The van der Waals surface area contributed by atoms with Gasteiger partial charge in [0.25, 0.3) is 0 Å². The van der Waals surface area contributed by atoms with Crippen molar-refractivity contribution in [2.75, 3.05) is 4.90 Å². The Balaban J connectivity index is 1.10. The molecular formula is C46H40N2. The number of aromatic nitrogens is 1. The molecule has 3 aliphatic carbocycles. The van der Waals surface area contributed by atoms with Crippen LogP contribution in [0.2, 0.25) is 0 Å². The number of allylic oxidation sites excluding steroid dienone is 7. The second kappa shape index (κ2) is 11.1. The van der Waals surface area contributed by atoms with E-state index < -0.39 is 0 Å². The molecule has 0 radical (unpaired) electrons. The van der Waals surface area contributed by atoms with Crippen LogP contribution in [-0.2, 0) is 0 Å². The second-order valence-electron chi connectivity index (χ2n) is 14.2. The van der Waals surface area contributed by atoms with Gasteiger partial charge in [-0.1, -0.05) is 123 Å². The average Bonchev–Trinajstić information content (AvgIpc) is 3.58. The molecular weight excluding hydrogens is 581 g/mol. The molecule has 1 heterocycles.